The van der Waals surface area contributed by atoms with Gasteiger partial charge in [-0.2, -0.15) is 0 Å². The van der Waals surface area contributed by atoms with E-state index >= 15 is 0 Å². The Bertz CT molecular complexity index is 1290. The van der Waals surface area contributed by atoms with Crippen LogP contribution in [-0.4, -0.2) is 74.2 Å². The second-order valence-electron chi connectivity index (χ2n) is 11.2. The van der Waals surface area contributed by atoms with Crippen LogP contribution in [0.15, 0.2) is 24.3 Å². The monoisotopic (exact) mass is 548 g/mol. The van der Waals surface area contributed by atoms with Crippen LogP contribution in [0, 0.1) is 25.7 Å². The van der Waals surface area contributed by atoms with Crippen molar-refractivity contribution in [2.45, 2.75) is 39.5 Å². The Labute approximate surface area is 233 Å². The molecule has 3 aliphatic heterocycles. The molecular weight excluding hydrogens is 512 g/mol. The third-order valence-corrected chi connectivity index (χ3v) is 8.74. The summed E-state index contributed by atoms with van der Waals surface area (Å²) in [5.41, 5.74) is 7.83. The number of anilines is 4. The van der Waals surface area contributed by atoms with Gasteiger partial charge in [0.2, 0.25) is 11.8 Å². The SMILES string of the molecule is Cc1cc2c(cc1N1CCN(c3cc4c(cc3C)N(C)C(=O)C(C(=O)O)CC4)CC1)CCC(C(=O)O)C(=O)N2C. The van der Waals surface area contributed by atoms with Crippen LogP contribution in [0.25, 0.3) is 0 Å². The van der Waals surface area contributed by atoms with Crippen LogP contribution in [0.5, 0.6) is 0 Å². The minimum absolute atomic E-state index is 0.285. The second kappa shape index (κ2) is 10.5. The molecule has 1 fully saturated rings. The predicted molar refractivity (Wildman–Crippen MR) is 152 cm³/mol. The minimum Gasteiger partial charge on any atom is -0.481 e. The summed E-state index contributed by atoms with van der Waals surface area (Å²) in [5.74, 6) is -4.96. The number of aryl methyl sites for hydroxylation is 4. The van der Waals surface area contributed by atoms with Gasteiger partial charge >= 0.3 is 11.9 Å². The number of rotatable bonds is 4. The maximum Gasteiger partial charge on any atom is 0.316 e. The molecule has 0 saturated carbocycles. The van der Waals surface area contributed by atoms with E-state index < -0.39 is 23.8 Å². The molecule has 40 heavy (non-hydrogen) atoms. The average molecular weight is 549 g/mol. The number of carbonyl (C=O) groups is 4. The molecule has 2 atom stereocenters. The van der Waals surface area contributed by atoms with Gasteiger partial charge in [-0.15, -0.1) is 0 Å². The van der Waals surface area contributed by atoms with Crippen molar-refractivity contribution in [3.05, 3.63) is 46.5 Å². The highest BCUT2D eigenvalue weighted by molar-refractivity contribution is 6.07. The molecule has 2 aromatic carbocycles. The number of hydrogen-bond acceptors (Lipinski definition) is 6. The van der Waals surface area contributed by atoms with Gasteiger partial charge in [-0.1, -0.05) is 0 Å². The molecule has 0 aliphatic carbocycles. The van der Waals surface area contributed by atoms with Crippen molar-refractivity contribution in [1.29, 1.82) is 0 Å². The van der Waals surface area contributed by atoms with E-state index in [1.165, 1.54) is 9.80 Å². The summed E-state index contributed by atoms with van der Waals surface area (Å²) in [4.78, 5) is 56.4. The van der Waals surface area contributed by atoms with Crippen molar-refractivity contribution in [3.8, 4) is 0 Å². The molecule has 0 radical (unpaired) electrons. The van der Waals surface area contributed by atoms with E-state index in [1.54, 1.807) is 14.1 Å². The van der Waals surface area contributed by atoms with Crippen LogP contribution in [0.3, 0.4) is 0 Å². The third kappa shape index (κ3) is 4.76. The predicted octanol–water partition coefficient (Wildman–Crippen LogP) is 2.85. The fourth-order valence-electron chi connectivity index (χ4n) is 6.35. The lowest BCUT2D eigenvalue weighted by Crippen LogP contribution is -2.47. The standard InChI is InChI=1S/C30H36N4O6/c1-17-13-25-19(5-7-21(29(37)38)27(35)31(25)3)15-23(17)33-9-11-34(12-10-33)24-16-20-6-8-22(30(39)40)28(36)32(4)26(20)14-18(24)2/h13-16,21-22H,5-12H2,1-4H3,(H,37,38)(H,39,40). The molecule has 3 heterocycles. The van der Waals surface area contributed by atoms with Gasteiger partial charge in [0.15, 0.2) is 0 Å². The Balaban J connectivity index is 1.34. The number of hydrogen-bond donors (Lipinski definition) is 2. The van der Waals surface area contributed by atoms with Crippen LogP contribution in [0.1, 0.15) is 35.1 Å². The lowest BCUT2D eigenvalue weighted by Gasteiger charge is -2.39. The number of amides is 2. The Morgan fingerprint density at radius 2 is 1.00 bits per heavy atom. The molecule has 212 valence electrons. The van der Waals surface area contributed by atoms with Crippen LogP contribution >= 0.6 is 0 Å². The highest BCUT2D eigenvalue weighted by Crippen LogP contribution is 2.37. The number of carboxylic acids is 2. The molecular formula is C30H36N4O6. The molecule has 2 amide bonds. The maximum atomic E-state index is 12.7. The molecule has 2 aromatic rings. The Morgan fingerprint density at radius 3 is 1.32 bits per heavy atom. The number of piperazine rings is 1. The smallest absolute Gasteiger partial charge is 0.316 e. The normalized spacial score (nSPS) is 21.5. The first-order valence-corrected chi connectivity index (χ1v) is 13.8. The fraction of sp³-hybridized carbons (Fsp3) is 0.467. The van der Waals surface area contributed by atoms with E-state index in [4.69, 9.17) is 0 Å². The molecule has 1 saturated heterocycles. The van der Waals surface area contributed by atoms with Crippen LogP contribution < -0.4 is 19.6 Å². The lowest BCUT2D eigenvalue weighted by molar-refractivity contribution is -0.147. The van der Waals surface area contributed by atoms with Gasteiger partial charge in [0.1, 0.15) is 11.8 Å². The average Bonchev–Trinajstić information content (AvgIpc) is 3.12. The highest BCUT2D eigenvalue weighted by Gasteiger charge is 2.35. The van der Waals surface area contributed by atoms with Gasteiger partial charge in [0, 0.05) is 63.0 Å². The summed E-state index contributed by atoms with van der Waals surface area (Å²) in [7, 11) is 3.30. The van der Waals surface area contributed by atoms with Crippen LogP contribution in [0.2, 0.25) is 0 Å². The number of nitrogens with zero attached hydrogens (tertiary/aromatic N) is 4. The van der Waals surface area contributed by atoms with Gasteiger partial charge in [0.25, 0.3) is 0 Å². The summed E-state index contributed by atoms with van der Waals surface area (Å²) >= 11 is 0. The maximum absolute atomic E-state index is 12.7. The molecule has 3 aliphatic rings. The molecule has 5 rings (SSSR count). The summed E-state index contributed by atoms with van der Waals surface area (Å²) < 4.78 is 0. The van der Waals surface area contributed by atoms with E-state index in [9.17, 15) is 29.4 Å². The van der Waals surface area contributed by atoms with Crippen LogP contribution in [0.4, 0.5) is 22.7 Å². The number of carbonyl (C=O) groups excluding carboxylic acids is 2. The minimum atomic E-state index is -1.08. The van der Waals surface area contributed by atoms with Crippen molar-refractivity contribution in [1.82, 2.24) is 0 Å². The Kier molecular flexibility index (Phi) is 7.20. The highest BCUT2D eigenvalue weighted by atomic mass is 16.4. The summed E-state index contributed by atoms with van der Waals surface area (Å²) in [5, 5.41) is 19.0. The van der Waals surface area contributed by atoms with Gasteiger partial charge < -0.3 is 29.8 Å². The van der Waals surface area contributed by atoms with E-state index in [-0.39, 0.29) is 24.7 Å². The molecule has 2 unspecified atom stereocenters. The fourth-order valence-corrected chi connectivity index (χ4v) is 6.35. The lowest BCUT2D eigenvalue weighted by atomic mass is 9.98. The van der Waals surface area contributed by atoms with Gasteiger partial charge in [-0.05, 0) is 86.1 Å². The van der Waals surface area contributed by atoms with Gasteiger partial charge in [0.05, 0.1) is 0 Å². The number of fused-ring (bicyclic) bond motifs is 2. The van der Waals surface area contributed by atoms with E-state index in [1.807, 2.05) is 26.0 Å². The number of carboxylic acid groups (broad SMARTS) is 2. The quantitative estimate of drug-likeness (QED) is 0.560. The Hall–Kier alpha value is -4.08. The van der Waals surface area contributed by atoms with Crippen molar-refractivity contribution in [3.63, 3.8) is 0 Å². The summed E-state index contributed by atoms with van der Waals surface area (Å²) in [6.45, 7) is 7.23. The second-order valence-corrected chi connectivity index (χ2v) is 11.2. The summed E-state index contributed by atoms with van der Waals surface area (Å²) in [6, 6.07) is 8.23. The topological polar surface area (TPSA) is 122 Å². The van der Waals surface area contributed by atoms with E-state index in [2.05, 4.69) is 21.9 Å². The number of benzene rings is 2. The molecule has 10 nitrogen and oxygen atoms in total. The van der Waals surface area contributed by atoms with Crippen molar-refractivity contribution in [2.75, 3.05) is 59.9 Å². The first-order valence-electron chi connectivity index (χ1n) is 13.8. The van der Waals surface area contributed by atoms with Gasteiger partial charge in [-0.3, -0.25) is 19.2 Å². The van der Waals surface area contributed by atoms with Crippen molar-refractivity contribution in [2.24, 2.45) is 11.8 Å². The number of aliphatic carboxylic acids is 2. The Morgan fingerprint density at radius 1 is 0.650 bits per heavy atom. The van der Waals surface area contributed by atoms with Crippen LogP contribution in [-0.2, 0) is 32.0 Å². The molecule has 10 heteroatoms. The van der Waals surface area contributed by atoms with E-state index in [0.29, 0.717) is 12.8 Å². The van der Waals surface area contributed by atoms with Crippen molar-refractivity contribution >= 4 is 46.5 Å². The molecule has 0 spiro atoms. The zero-order chi connectivity index (χ0) is 28.9. The molecule has 0 aromatic heterocycles. The summed E-state index contributed by atoms with van der Waals surface area (Å²) in [6.07, 6.45) is 1.63. The largest absolute Gasteiger partial charge is 0.481 e. The first-order chi connectivity index (χ1) is 19.0. The zero-order valence-corrected chi connectivity index (χ0v) is 23.4. The third-order valence-electron chi connectivity index (χ3n) is 8.74. The van der Waals surface area contributed by atoms with Crippen molar-refractivity contribution < 1.29 is 29.4 Å². The first kappa shape index (κ1) is 27.5. The van der Waals surface area contributed by atoms with Gasteiger partial charge in [-0.25, -0.2) is 0 Å². The van der Waals surface area contributed by atoms with E-state index in [0.717, 1.165) is 71.2 Å². The molecule has 2 N–H and O–H groups in total. The zero-order valence-electron chi connectivity index (χ0n) is 23.4. The molecule has 0 bridgehead atoms.